The third-order valence-electron chi connectivity index (χ3n) is 2.42. The monoisotopic (exact) mass is 288 g/mol. The number of nitrogens with one attached hydrogen (secondary N) is 2. The summed E-state index contributed by atoms with van der Waals surface area (Å²) >= 11 is 0. The summed E-state index contributed by atoms with van der Waals surface area (Å²) in [5.74, 6) is -0.182. The van der Waals surface area contributed by atoms with Crippen molar-refractivity contribution in [1.82, 2.24) is 5.32 Å². The molecule has 0 aliphatic rings. The molecule has 0 saturated carbocycles. The SMILES string of the molecule is CC(C)NCC(O)c1ccc(O)c(NS(C)(=O)=O)c1. The molecule has 6 nitrogen and oxygen atoms in total. The van der Waals surface area contributed by atoms with E-state index in [4.69, 9.17) is 0 Å². The van der Waals surface area contributed by atoms with Crippen molar-refractivity contribution in [2.45, 2.75) is 26.0 Å². The Morgan fingerprint density at radius 1 is 1.32 bits per heavy atom. The lowest BCUT2D eigenvalue weighted by molar-refractivity contribution is 0.171. The maximum Gasteiger partial charge on any atom is 0.229 e. The van der Waals surface area contributed by atoms with E-state index < -0.39 is 16.1 Å². The standard InChI is InChI=1S/C12H20N2O4S/c1-8(2)13-7-12(16)9-4-5-11(15)10(6-9)14-19(3,17)18/h4-6,8,12-16H,7H2,1-3H3. The average molecular weight is 288 g/mol. The zero-order chi connectivity index (χ0) is 14.6. The van der Waals surface area contributed by atoms with Gasteiger partial charge in [-0.15, -0.1) is 0 Å². The number of phenolic OH excluding ortho intramolecular Hbond substituents is 1. The number of benzene rings is 1. The van der Waals surface area contributed by atoms with Crippen LogP contribution in [-0.2, 0) is 10.0 Å². The Labute approximate surface area is 113 Å². The summed E-state index contributed by atoms with van der Waals surface area (Å²) in [5, 5.41) is 22.6. The predicted molar refractivity (Wildman–Crippen MR) is 74.7 cm³/mol. The van der Waals surface area contributed by atoms with E-state index in [0.717, 1.165) is 6.26 Å². The van der Waals surface area contributed by atoms with Crippen LogP contribution in [0, 0.1) is 0 Å². The van der Waals surface area contributed by atoms with Gasteiger partial charge in [0.2, 0.25) is 10.0 Å². The molecule has 0 heterocycles. The van der Waals surface area contributed by atoms with Crippen LogP contribution in [0.3, 0.4) is 0 Å². The lowest BCUT2D eigenvalue weighted by Gasteiger charge is -2.16. The van der Waals surface area contributed by atoms with Crippen LogP contribution in [0.5, 0.6) is 5.75 Å². The molecule has 0 aromatic heterocycles. The summed E-state index contributed by atoms with van der Waals surface area (Å²) in [6.07, 6.45) is 0.221. The highest BCUT2D eigenvalue weighted by Crippen LogP contribution is 2.27. The van der Waals surface area contributed by atoms with Gasteiger partial charge in [-0.25, -0.2) is 8.42 Å². The highest BCUT2D eigenvalue weighted by atomic mass is 32.2. The van der Waals surface area contributed by atoms with Gasteiger partial charge in [-0.3, -0.25) is 4.72 Å². The van der Waals surface area contributed by atoms with E-state index in [1.807, 2.05) is 13.8 Å². The number of aliphatic hydroxyl groups excluding tert-OH is 1. The number of aromatic hydroxyl groups is 1. The van der Waals surface area contributed by atoms with Gasteiger partial charge in [0.1, 0.15) is 5.75 Å². The molecule has 1 unspecified atom stereocenters. The first-order valence-electron chi connectivity index (χ1n) is 5.91. The second-order valence-corrected chi connectivity index (χ2v) is 6.48. The van der Waals surface area contributed by atoms with E-state index in [2.05, 4.69) is 10.0 Å². The molecule has 0 radical (unpaired) electrons. The fourth-order valence-corrected chi connectivity index (χ4v) is 2.07. The van der Waals surface area contributed by atoms with Crippen LogP contribution < -0.4 is 10.0 Å². The molecule has 1 atom stereocenters. The van der Waals surface area contributed by atoms with Crippen molar-refractivity contribution in [3.63, 3.8) is 0 Å². The van der Waals surface area contributed by atoms with Gasteiger partial charge in [-0.2, -0.15) is 0 Å². The zero-order valence-electron chi connectivity index (χ0n) is 11.2. The first-order valence-corrected chi connectivity index (χ1v) is 7.80. The molecule has 108 valence electrons. The lowest BCUT2D eigenvalue weighted by atomic mass is 10.1. The van der Waals surface area contributed by atoms with Crippen molar-refractivity contribution < 1.29 is 18.6 Å². The molecule has 0 aliphatic carbocycles. The van der Waals surface area contributed by atoms with Gasteiger partial charge in [-0.1, -0.05) is 19.9 Å². The Hall–Kier alpha value is -1.31. The molecule has 7 heteroatoms. The lowest BCUT2D eigenvalue weighted by Crippen LogP contribution is -2.27. The minimum atomic E-state index is -3.48. The normalized spacial score (nSPS) is 13.5. The van der Waals surface area contributed by atoms with Gasteiger partial charge in [0, 0.05) is 12.6 Å². The molecule has 1 aromatic carbocycles. The summed E-state index contributed by atoms with van der Waals surface area (Å²) in [7, 11) is -3.48. The molecule has 0 aliphatic heterocycles. The van der Waals surface area contributed by atoms with E-state index in [-0.39, 0.29) is 17.5 Å². The molecule has 0 amide bonds. The summed E-state index contributed by atoms with van der Waals surface area (Å²) in [5.41, 5.74) is 0.584. The highest BCUT2D eigenvalue weighted by Gasteiger charge is 2.13. The van der Waals surface area contributed by atoms with Crippen molar-refractivity contribution in [3.8, 4) is 5.75 Å². The smallest absolute Gasteiger partial charge is 0.229 e. The Bertz CT molecular complexity index is 529. The predicted octanol–water partition coefficient (Wildman–Crippen LogP) is 0.795. The second kappa shape index (κ2) is 6.23. The molecule has 0 saturated heterocycles. The third-order valence-corrected chi connectivity index (χ3v) is 3.01. The minimum absolute atomic E-state index is 0.0589. The topological polar surface area (TPSA) is 98.7 Å². The number of phenols is 1. The first-order chi connectivity index (χ1) is 8.69. The molecule has 1 aromatic rings. The van der Waals surface area contributed by atoms with Crippen molar-refractivity contribution in [3.05, 3.63) is 23.8 Å². The number of aliphatic hydroxyl groups is 1. The highest BCUT2D eigenvalue weighted by molar-refractivity contribution is 7.92. The van der Waals surface area contributed by atoms with Crippen LogP contribution in [-0.4, -0.2) is 37.5 Å². The molecule has 0 fully saturated rings. The van der Waals surface area contributed by atoms with Crippen molar-refractivity contribution in [2.24, 2.45) is 0 Å². The van der Waals surface area contributed by atoms with E-state index in [1.165, 1.54) is 12.1 Å². The van der Waals surface area contributed by atoms with Gasteiger partial charge in [0.15, 0.2) is 0 Å². The Balaban J connectivity index is 2.89. The Morgan fingerprint density at radius 3 is 2.47 bits per heavy atom. The summed E-state index contributed by atoms with van der Waals surface area (Å²) < 4.78 is 24.5. The van der Waals surface area contributed by atoms with Gasteiger partial charge in [0.05, 0.1) is 18.0 Å². The van der Waals surface area contributed by atoms with Gasteiger partial charge in [0.25, 0.3) is 0 Å². The first kappa shape index (κ1) is 15.7. The van der Waals surface area contributed by atoms with E-state index in [9.17, 15) is 18.6 Å². The van der Waals surface area contributed by atoms with Crippen LogP contribution >= 0.6 is 0 Å². The molecular weight excluding hydrogens is 268 g/mol. The summed E-state index contributed by atoms with van der Waals surface area (Å²) in [6, 6.07) is 4.56. The van der Waals surface area contributed by atoms with Crippen LogP contribution in [0.4, 0.5) is 5.69 Å². The number of hydrogen-bond donors (Lipinski definition) is 4. The van der Waals surface area contributed by atoms with E-state index in [1.54, 1.807) is 6.07 Å². The maximum atomic E-state index is 11.2. The summed E-state index contributed by atoms with van der Waals surface area (Å²) in [4.78, 5) is 0. The van der Waals surface area contributed by atoms with Crippen molar-refractivity contribution >= 4 is 15.7 Å². The number of sulfonamides is 1. The summed E-state index contributed by atoms with van der Waals surface area (Å²) in [6.45, 7) is 4.27. The molecule has 4 N–H and O–H groups in total. The van der Waals surface area contributed by atoms with E-state index in [0.29, 0.717) is 12.1 Å². The van der Waals surface area contributed by atoms with Crippen molar-refractivity contribution in [2.75, 3.05) is 17.5 Å². The second-order valence-electron chi connectivity index (χ2n) is 4.73. The van der Waals surface area contributed by atoms with Crippen molar-refractivity contribution in [1.29, 1.82) is 0 Å². The molecule has 0 bridgehead atoms. The maximum absolute atomic E-state index is 11.2. The molecular formula is C12H20N2O4S. The molecule has 19 heavy (non-hydrogen) atoms. The average Bonchev–Trinajstić information content (AvgIpc) is 2.27. The van der Waals surface area contributed by atoms with Crippen LogP contribution in [0.15, 0.2) is 18.2 Å². The Morgan fingerprint density at radius 2 is 1.95 bits per heavy atom. The zero-order valence-corrected chi connectivity index (χ0v) is 12.0. The minimum Gasteiger partial charge on any atom is -0.506 e. The number of anilines is 1. The van der Waals surface area contributed by atoms with E-state index >= 15 is 0 Å². The van der Waals surface area contributed by atoms with Crippen LogP contribution in [0.2, 0.25) is 0 Å². The third kappa shape index (κ3) is 5.46. The Kier molecular flexibility index (Phi) is 5.16. The van der Waals surface area contributed by atoms with Gasteiger partial charge < -0.3 is 15.5 Å². The largest absolute Gasteiger partial charge is 0.506 e. The number of hydrogen-bond acceptors (Lipinski definition) is 5. The fourth-order valence-electron chi connectivity index (χ4n) is 1.51. The van der Waals surface area contributed by atoms with Gasteiger partial charge >= 0.3 is 0 Å². The fraction of sp³-hybridized carbons (Fsp3) is 0.500. The number of rotatable bonds is 6. The quantitative estimate of drug-likeness (QED) is 0.580. The van der Waals surface area contributed by atoms with Crippen LogP contribution in [0.25, 0.3) is 0 Å². The molecule has 0 spiro atoms. The van der Waals surface area contributed by atoms with Crippen LogP contribution in [0.1, 0.15) is 25.5 Å². The van der Waals surface area contributed by atoms with Gasteiger partial charge in [-0.05, 0) is 17.7 Å². The molecule has 1 rings (SSSR count).